The molecule has 1 unspecified atom stereocenters. The third-order valence-electron chi connectivity index (χ3n) is 4.15. The molecule has 1 saturated heterocycles. The zero-order valence-electron chi connectivity index (χ0n) is 10.5. The number of carboxylic acids is 1. The summed E-state index contributed by atoms with van der Waals surface area (Å²) in [6.07, 6.45) is 2.95. The summed E-state index contributed by atoms with van der Waals surface area (Å²) in [6.45, 7) is -0.107. The molecule has 0 radical (unpaired) electrons. The van der Waals surface area contributed by atoms with E-state index in [1.165, 1.54) is 4.90 Å². The van der Waals surface area contributed by atoms with Crippen LogP contribution in [0.5, 0.6) is 0 Å². The summed E-state index contributed by atoms with van der Waals surface area (Å²) in [6, 6.07) is 0. The molecule has 1 atom stereocenters. The molecule has 1 aliphatic carbocycles. The van der Waals surface area contributed by atoms with Crippen LogP contribution in [0.1, 0.15) is 38.5 Å². The summed E-state index contributed by atoms with van der Waals surface area (Å²) in [4.78, 5) is 24.8. The fraction of sp³-hybridized carbons (Fsp3) is 0.818. The second kappa shape index (κ2) is 4.75. The molecule has 1 aliphatic heterocycles. The summed E-state index contributed by atoms with van der Waals surface area (Å²) in [5.74, 6) is -1.47. The molecule has 1 saturated carbocycles. The molecule has 3 N–H and O–H groups in total. The van der Waals surface area contributed by atoms with Crippen molar-refractivity contribution in [3.05, 3.63) is 0 Å². The van der Waals surface area contributed by atoms with E-state index in [2.05, 4.69) is 0 Å². The molecule has 0 aromatic carbocycles. The van der Waals surface area contributed by atoms with Crippen LogP contribution in [0, 0.1) is 0 Å². The second-order valence-corrected chi connectivity index (χ2v) is 7.16. The van der Waals surface area contributed by atoms with Crippen LogP contribution < -0.4 is 5.14 Å². The quantitative estimate of drug-likeness (QED) is 0.737. The molecule has 8 heteroatoms. The average Bonchev–Trinajstić information content (AvgIpc) is 2.72. The molecule has 2 fully saturated rings. The van der Waals surface area contributed by atoms with E-state index in [0.717, 1.165) is 19.3 Å². The zero-order valence-corrected chi connectivity index (χ0v) is 11.4. The summed E-state index contributed by atoms with van der Waals surface area (Å²) < 4.78 is 22.7. The van der Waals surface area contributed by atoms with Crippen molar-refractivity contribution in [2.75, 3.05) is 6.54 Å². The number of primary sulfonamides is 1. The van der Waals surface area contributed by atoms with Crippen molar-refractivity contribution in [1.82, 2.24) is 4.90 Å². The Morgan fingerprint density at radius 3 is 2.32 bits per heavy atom. The highest BCUT2D eigenvalue weighted by Gasteiger charge is 2.52. The van der Waals surface area contributed by atoms with Gasteiger partial charge in [-0.25, -0.2) is 18.4 Å². The highest BCUT2D eigenvalue weighted by molar-refractivity contribution is 7.89. The first-order chi connectivity index (χ1) is 8.77. The fourth-order valence-electron chi connectivity index (χ4n) is 3.04. The number of carbonyl (C=O) groups excluding carboxylic acids is 1. The summed E-state index contributed by atoms with van der Waals surface area (Å²) in [7, 11) is -3.81. The van der Waals surface area contributed by atoms with Crippen LogP contribution in [0.2, 0.25) is 0 Å². The number of carboxylic acid groups (broad SMARTS) is 1. The van der Waals surface area contributed by atoms with Crippen LogP contribution in [0.3, 0.4) is 0 Å². The van der Waals surface area contributed by atoms with Gasteiger partial charge in [-0.05, 0) is 12.8 Å². The fourth-order valence-corrected chi connectivity index (χ4v) is 3.78. The van der Waals surface area contributed by atoms with Crippen molar-refractivity contribution in [2.45, 2.75) is 49.3 Å². The molecule has 0 spiro atoms. The minimum atomic E-state index is -3.81. The number of aliphatic carboxylic acids is 1. The first-order valence-corrected chi connectivity index (χ1v) is 7.94. The lowest BCUT2D eigenvalue weighted by atomic mass is 9.80. The third-order valence-corrected chi connectivity index (χ3v) is 5.39. The van der Waals surface area contributed by atoms with Gasteiger partial charge in [0.15, 0.2) is 0 Å². The van der Waals surface area contributed by atoms with Gasteiger partial charge in [0.05, 0.1) is 0 Å². The lowest BCUT2D eigenvalue weighted by Crippen LogP contribution is -2.56. The Bertz CT molecular complexity index is 495. The third kappa shape index (κ3) is 2.46. The van der Waals surface area contributed by atoms with Crippen LogP contribution in [0.15, 0.2) is 0 Å². The minimum absolute atomic E-state index is 0.107. The molecule has 1 amide bonds. The maximum Gasteiger partial charge on any atom is 0.329 e. The Kier molecular flexibility index (Phi) is 3.57. The van der Waals surface area contributed by atoms with Gasteiger partial charge in [-0.1, -0.05) is 19.3 Å². The van der Waals surface area contributed by atoms with Crippen LogP contribution in [-0.4, -0.2) is 47.6 Å². The highest BCUT2D eigenvalue weighted by Crippen LogP contribution is 2.37. The number of hydrogen-bond donors (Lipinski definition) is 2. The Labute approximate surface area is 111 Å². The maximum absolute atomic E-state index is 12.0. The molecule has 2 aliphatic rings. The first-order valence-electron chi connectivity index (χ1n) is 6.33. The van der Waals surface area contributed by atoms with Gasteiger partial charge in [-0.15, -0.1) is 0 Å². The number of rotatable bonds is 3. The normalized spacial score (nSPS) is 27.5. The Hall–Kier alpha value is -1.15. The SMILES string of the molecule is NS(=O)(=O)C1CC(=O)N(C2(C(=O)O)CCCCC2)C1. The summed E-state index contributed by atoms with van der Waals surface area (Å²) >= 11 is 0. The van der Waals surface area contributed by atoms with E-state index in [4.69, 9.17) is 5.14 Å². The van der Waals surface area contributed by atoms with E-state index in [9.17, 15) is 23.1 Å². The van der Waals surface area contributed by atoms with Crippen LogP contribution in [0.25, 0.3) is 0 Å². The van der Waals surface area contributed by atoms with Crippen molar-refractivity contribution in [2.24, 2.45) is 5.14 Å². The smallest absolute Gasteiger partial charge is 0.329 e. The molecule has 0 aromatic rings. The van der Waals surface area contributed by atoms with E-state index in [1.807, 2.05) is 0 Å². The molecular formula is C11H18N2O5S. The van der Waals surface area contributed by atoms with Gasteiger partial charge in [-0.2, -0.15) is 0 Å². The van der Waals surface area contributed by atoms with E-state index in [-0.39, 0.29) is 13.0 Å². The Morgan fingerprint density at radius 2 is 1.89 bits per heavy atom. The standard InChI is InChI=1S/C11H18N2O5S/c12-19(17,18)8-6-9(14)13(7-8)11(10(15)16)4-2-1-3-5-11/h8H,1-7H2,(H,15,16)(H2,12,17,18). The van der Waals surface area contributed by atoms with E-state index >= 15 is 0 Å². The second-order valence-electron chi connectivity index (χ2n) is 5.32. The van der Waals surface area contributed by atoms with Gasteiger partial charge in [0.2, 0.25) is 15.9 Å². The van der Waals surface area contributed by atoms with E-state index < -0.39 is 32.7 Å². The number of amides is 1. The van der Waals surface area contributed by atoms with E-state index in [0.29, 0.717) is 12.8 Å². The molecule has 19 heavy (non-hydrogen) atoms. The van der Waals surface area contributed by atoms with Gasteiger partial charge in [0, 0.05) is 13.0 Å². The van der Waals surface area contributed by atoms with Gasteiger partial charge < -0.3 is 10.0 Å². The molecule has 7 nitrogen and oxygen atoms in total. The largest absolute Gasteiger partial charge is 0.479 e. The zero-order chi connectivity index (χ0) is 14.3. The highest BCUT2D eigenvalue weighted by atomic mass is 32.2. The predicted octanol–water partition coefficient (Wildman–Crippen LogP) is -0.337. The monoisotopic (exact) mass is 290 g/mol. The molecule has 2 rings (SSSR count). The predicted molar refractivity (Wildman–Crippen MR) is 66.7 cm³/mol. The first kappa shape index (κ1) is 14.3. The van der Waals surface area contributed by atoms with Crippen molar-refractivity contribution < 1.29 is 23.1 Å². The molecular weight excluding hydrogens is 272 g/mol. The van der Waals surface area contributed by atoms with E-state index in [1.54, 1.807) is 0 Å². The molecule has 0 aromatic heterocycles. The van der Waals surface area contributed by atoms with Crippen molar-refractivity contribution in [3.63, 3.8) is 0 Å². The number of hydrogen-bond acceptors (Lipinski definition) is 4. The van der Waals surface area contributed by atoms with Crippen molar-refractivity contribution >= 4 is 21.9 Å². The van der Waals surface area contributed by atoms with Gasteiger partial charge in [0.25, 0.3) is 0 Å². The topological polar surface area (TPSA) is 118 Å². The van der Waals surface area contributed by atoms with Gasteiger partial charge >= 0.3 is 5.97 Å². The number of likely N-dealkylation sites (tertiary alicyclic amines) is 1. The van der Waals surface area contributed by atoms with Crippen molar-refractivity contribution in [3.8, 4) is 0 Å². The molecule has 0 bridgehead atoms. The van der Waals surface area contributed by atoms with Crippen molar-refractivity contribution in [1.29, 1.82) is 0 Å². The van der Waals surface area contributed by atoms with Gasteiger partial charge in [0.1, 0.15) is 10.8 Å². The molecule has 1 heterocycles. The summed E-state index contributed by atoms with van der Waals surface area (Å²) in [5, 5.41) is 13.6. The maximum atomic E-state index is 12.0. The number of nitrogens with zero attached hydrogens (tertiary/aromatic N) is 1. The average molecular weight is 290 g/mol. The number of nitrogens with two attached hydrogens (primary N) is 1. The molecule has 108 valence electrons. The minimum Gasteiger partial charge on any atom is -0.479 e. The number of sulfonamides is 1. The Balaban J connectivity index is 2.29. The number of carbonyl (C=O) groups is 2. The lowest BCUT2D eigenvalue weighted by Gasteiger charge is -2.41. The lowest BCUT2D eigenvalue weighted by molar-refractivity contribution is -0.159. The van der Waals surface area contributed by atoms with Crippen LogP contribution in [-0.2, 0) is 19.6 Å². The van der Waals surface area contributed by atoms with Crippen LogP contribution >= 0.6 is 0 Å². The van der Waals surface area contributed by atoms with Gasteiger partial charge in [-0.3, -0.25) is 4.79 Å². The summed E-state index contributed by atoms with van der Waals surface area (Å²) in [5.41, 5.74) is -1.24. The van der Waals surface area contributed by atoms with Crippen LogP contribution in [0.4, 0.5) is 0 Å². The Morgan fingerprint density at radius 1 is 1.32 bits per heavy atom.